The molecule has 0 amide bonds. The molecule has 0 bridgehead atoms. The molecule has 3 nitrogen and oxygen atoms in total. The zero-order valence-corrected chi connectivity index (χ0v) is 12.1. The molecule has 0 spiro atoms. The standard InChI is InChI=1S/C16H26N2O/c1-3-9-19-16-6-4-5-14(11-16)12-18-8-7-15(17)10-13(18)2/h4-6,11,13,15H,3,7-10,12,17H2,1-2H3. The molecule has 19 heavy (non-hydrogen) atoms. The van der Waals surface area contributed by atoms with Crippen molar-refractivity contribution >= 4 is 0 Å². The average Bonchev–Trinajstić information content (AvgIpc) is 2.40. The molecule has 2 rings (SSSR count). The molecule has 1 aliphatic heterocycles. The molecule has 0 saturated carbocycles. The lowest BCUT2D eigenvalue weighted by molar-refractivity contribution is 0.140. The normalized spacial score (nSPS) is 24.4. The SMILES string of the molecule is CCCOc1cccc(CN2CCC(N)CC2C)c1. The van der Waals surface area contributed by atoms with Gasteiger partial charge in [0.25, 0.3) is 0 Å². The van der Waals surface area contributed by atoms with Crippen molar-refractivity contribution in [1.29, 1.82) is 0 Å². The first kappa shape index (κ1) is 14.4. The van der Waals surface area contributed by atoms with Crippen LogP contribution in [0.15, 0.2) is 24.3 Å². The Morgan fingerprint density at radius 3 is 3.00 bits per heavy atom. The molecule has 0 aliphatic carbocycles. The summed E-state index contributed by atoms with van der Waals surface area (Å²) in [5.41, 5.74) is 7.34. The van der Waals surface area contributed by atoms with Gasteiger partial charge in [0.2, 0.25) is 0 Å². The van der Waals surface area contributed by atoms with Gasteiger partial charge in [-0.05, 0) is 43.9 Å². The van der Waals surface area contributed by atoms with Crippen LogP contribution < -0.4 is 10.5 Å². The molecule has 1 saturated heterocycles. The molecule has 2 N–H and O–H groups in total. The average molecular weight is 262 g/mol. The summed E-state index contributed by atoms with van der Waals surface area (Å²) in [6.07, 6.45) is 3.26. The summed E-state index contributed by atoms with van der Waals surface area (Å²) in [6, 6.07) is 9.42. The highest BCUT2D eigenvalue weighted by molar-refractivity contribution is 5.28. The maximum atomic E-state index is 6.01. The van der Waals surface area contributed by atoms with Crippen LogP contribution in [0, 0.1) is 0 Å². The number of piperidine rings is 1. The fourth-order valence-corrected chi connectivity index (χ4v) is 2.68. The number of benzene rings is 1. The summed E-state index contributed by atoms with van der Waals surface area (Å²) in [5, 5.41) is 0. The molecular weight excluding hydrogens is 236 g/mol. The number of hydrogen-bond donors (Lipinski definition) is 1. The zero-order chi connectivity index (χ0) is 13.7. The lowest BCUT2D eigenvalue weighted by Gasteiger charge is -2.36. The Morgan fingerprint density at radius 1 is 1.42 bits per heavy atom. The summed E-state index contributed by atoms with van der Waals surface area (Å²) < 4.78 is 5.69. The van der Waals surface area contributed by atoms with Crippen LogP contribution in [0.25, 0.3) is 0 Å². The Hall–Kier alpha value is -1.06. The Labute approximate surface area is 116 Å². The van der Waals surface area contributed by atoms with E-state index >= 15 is 0 Å². The molecule has 1 fully saturated rings. The van der Waals surface area contributed by atoms with Gasteiger partial charge >= 0.3 is 0 Å². The van der Waals surface area contributed by atoms with E-state index in [0.717, 1.165) is 44.7 Å². The van der Waals surface area contributed by atoms with Crippen LogP contribution in [-0.4, -0.2) is 30.1 Å². The van der Waals surface area contributed by atoms with Gasteiger partial charge in [0.15, 0.2) is 0 Å². The first-order valence-electron chi connectivity index (χ1n) is 7.40. The molecule has 2 atom stereocenters. The summed E-state index contributed by atoms with van der Waals surface area (Å²) in [4.78, 5) is 2.52. The second-order valence-electron chi connectivity index (χ2n) is 5.60. The highest BCUT2D eigenvalue weighted by Crippen LogP contribution is 2.21. The minimum atomic E-state index is 0.380. The van der Waals surface area contributed by atoms with E-state index < -0.39 is 0 Å². The van der Waals surface area contributed by atoms with Crippen molar-refractivity contribution in [1.82, 2.24) is 4.90 Å². The third-order valence-corrected chi connectivity index (χ3v) is 3.81. The quantitative estimate of drug-likeness (QED) is 0.887. The van der Waals surface area contributed by atoms with Crippen molar-refractivity contribution in [3.8, 4) is 5.75 Å². The number of rotatable bonds is 5. The number of nitrogens with zero attached hydrogens (tertiary/aromatic N) is 1. The number of hydrogen-bond acceptors (Lipinski definition) is 3. The summed E-state index contributed by atoms with van der Waals surface area (Å²) in [6.45, 7) is 7.29. The van der Waals surface area contributed by atoms with E-state index in [1.165, 1.54) is 5.56 Å². The summed E-state index contributed by atoms with van der Waals surface area (Å²) in [5.74, 6) is 0.987. The molecular formula is C16H26N2O. The van der Waals surface area contributed by atoms with E-state index in [1.54, 1.807) is 0 Å². The first-order chi connectivity index (χ1) is 9.19. The van der Waals surface area contributed by atoms with E-state index in [-0.39, 0.29) is 0 Å². The smallest absolute Gasteiger partial charge is 0.119 e. The summed E-state index contributed by atoms with van der Waals surface area (Å²) in [7, 11) is 0. The van der Waals surface area contributed by atoms with E-state index in [9.17, 15) is 0 Å². The maximum absolute atomic E-state index is 6.01. The predicted octanol–water partition coefficient (Wildman–Crippen LogP) is 2.79. The molecule has 1 aromatic rings. The number of ether oxygens (including phenoxy) is 1. The molecule has 3 heteroatoms. The third kappa shape index (κ3) is 4.22. The van der Waals surface area contributed by atoms with Gasteiger partial charge in [0.1, 0.15) is 5.75 Å². The molecule has 1 aliphatic rings. The molecule has 2 unspecified atom stereocenters. The molecule has 1 aromatic carbocycles. The predicted molar refractivity (Wildman–Crippen MR) is 79.3 cm³/mol. The summed E-state index contributed by atoms with van der Waals surface area (Å²) >= 11 is 0. The molecule has 106 valence electrons. The maximum Gasteiger partial charge on any atom is 0.119 e. The van der Waals surface area contributed by atoms with Crippen LogP contribution in [0.1, 0.15) is 38.7 Å². The molecule has 1 heterocycles. The van der Waals surface area contributed by atoms with Crippen LogP contribution in [0.4, 0.5) is 0 Å². The minimum absolute atomic E-state index is 0.380. The van der Waals surface area contributed by atoms with Gasteiger partial charge < -0.3 is 10.5 Å². The van der Waals surface area contributed by atoms with Gasteiger partial charge in [-0.2, -0.15) is 0 Å². The third-order valence-electron chi connectivity index (χ3n) is 3.81. The topological polar surface area (TPSA) is 38.5 Å². The van der Waals surface area contributed by atoms with E-state index in [0.29, 0.717) is 12.1 Å². The van der Waals surface area contributed by atoms with Gasteiger partial charge in [-0.25, -0.2) is 0 Å². The Balaban J connectivity index is 1.94. The van der Waals surface area contributed by atoms with Crippen molar-refractivity contribution in [2.75, 3.05) is 13.2 Å². The van der Waals surface area contributed by atoms with E-state index in [1.807, 2.05) is 6.07 Å². The van der Waals surface area contributed by atoms with Crippen molar-refractivity contribution in [3.63, 3.8) is 0 Å². The second-order valence-corrected chi connectivity index (χ2v) is 5.60. The van der Waals surface area contributed by atoms with Crippen LogP contribution in [0.2, 0.25) is 0 Å². The number of nitrogens with two attached hydrogens (primary N) is 1. The van der Waals surface area contributed by atoms with Crippen LogP contribution in [0.5, 0.6) is 5.75 Å². The Bertz CT molecular complexity index is 394. The lowest BCUT2D eigenvalue weighted by atomic mass is 9.98. The highest BCUT2D eigenvalue weighted by Gasteiger charge is 2.22. The zero-order valence-electron chi connectivity index (χ0n) is 12.1. The van der Waals surface area contributed by atoms with Gasteiger partial charge in [0, 0.05) is 25.2 Å². The van der Waals surface area contributed by atoms with Gasteiger partial charge in [0.05, 0.1) is 6.61 Å². The van der Waals surface area contributed by atoms with Gasteiger partial charge in [-0.3, -0.25) is 4.90 Å². The van der Waals surface area contributed by atoms with Crippen molar-refractivity contribution < 1.29 is 4.74 Å². The largest absolute Gasteiger partial charge is 0.494 e. The van der Waals surface area contributed by atoms with Gasteiger partial charge in [-0.1, -0.05) is 19.1 Å². The highest BCUT2D eigenvalue weighted by atomic mass is 16.5. The van der Waals surface area contributed by atoms with Crippen molar-refractivity contribution in [2.45, 2.75) is 51.7 Å². The molecule has 0 aromatic heterocycles. The second kappa shape index (κ2) is 6.92. The monoisotopic (exact) mass is 262 g/mol. The van der Waals surface area contributed by atoms with E-state index in [4.69, 9.17) is 10.5 Å². The Morgan fingerprint density at radius 2 is 2.26 bits per heavy atom. The molecule has 0 radical (unpaired) electrons. The Kier molecular flexibility index (Phi) is 5.23. The van der Waals surface area contributed by atoms with Crippen molar-refractivity contribution in [2.24, 2.45) is 5.73 Å². The van der Waals surface area contributed by atoms with Crippen molar-refractivity contribution in [3.05, 3.63) is 29.8 Å². The van der Waals surface area contributed by atoms with Crippen LogP contribution in [-0.2, 0) is 6.54 Å². The van der Waals surface area contributed by atoms with Crippen LogP contribution in [0.3, 0.4) is 0 Å². The number of likely N-dealkylation sites (tertiary alicyclic amines) is 1. The fraction of sp³-hybridized carbons (Fsp3) is 0.625. The van der Waals surface area contributed by atoms with E-state index in [2.05, 4.69) is 36.9 Å². The fourth-order valence-electron chi connectivity index (χ4n) is 2.68. The van der Waals surface area contributed by atoms with Crippen LogP contribution >= 0.6 is 0 Å². The van der Waals surface area contributed by atoms with Gasteiger partial charge in [-0.15, -0.1) is 0 Å². The lowest BCUT2D eigenvalue weighted by Crippen LogP contribution is -2.44. The minimum Gasteiger partial charge on any atom is -0.494 e. The first-order valence-corrected chi connectivity index (χ1v) is 7.40.